The van der Waals surface area contributed by atoms with E-state index in [-0.39, 0.29) is 5.75 Å². The number of anilines is 3. The Bertz CT molecular complexity index is 2040. The van der Waals surface area contributed by atoms with E-state index in [0.717, 1.165) is 60.3 Å². The Hall–Kier alpha value is -4.52. The number of hydrogen-bond acceptors (Lipinski definition) is 6. The number of nitrogens with zero attached hydrogens (tertiary/aromatic N) is 3. The minimum atomic E-state index is -1.17. The highest BCUT2D eigenvalue weighted by molar-refractivity contribution is 6.21. The Kier molecular flexibility index (Phi) is 5.61. The topological polar surface area (TPSA) is 76.1 Å². The summed E-state index contributed by atoms with van der Waals surface area (Å²) in [5.74, 6) is -1.40. The second kappa shape index (κ2) is 9.24. The van der Waals surface area contributed by atoms with Gasteiger partial charge in [0.25, 0.3) is 0 Å². The number of aromatic hydroxyl groups is 1. The summed E-state index contributed by atoms with van der Waals surface area (Å²) >= 11 is 0. The van der Waals surface area contributed by atoms with Gasteiger partial charge in [-0.3, -0.25) is 0 Å². The van der Waals surface area contributed by atoms with Crippen molar-refractivity contribution in [2.24, 2.45) is 0 Å². The van der Waals surface area contributed by atoms with Gasteiger partial charge < -0.3 is 30.0 Å². The lowest BCUT2D eigenvalue weighted by atomic mass is 9.60. The molecule has 6 aromatic rings. The van der Waals surface area contributed by atoms with E-state index >= 15 is 0 Å². The number of phenolic OH excluding ortho intramolecular Hbond substituents is 1. The largest absolute Gasteiger partial charge is 0.851 e. The van der Waals surface area contributed by atoms with Gasteiger partial charge in [0.1, 0.15) is 5.75 Å². The molecule has 8 rings (SSSR count). The first-order valence-corrected chi connectivity index (χ1v) is 14.8. The predicted molar refractivity (Wildman–Crippen MR) is 174 cm³/mol. The van der Waals surface area contributed by atoms with Crippen LogP contribution >= 0.6 is 0 Å². The molecule has 2 unspecified atom stereocenters. The van der Waals surface area contributed by atoms with Crippen LogP contribution in [0.15, 0.2) is 84.9 Å². The SMILES string of the molecule is CN(C)c1c2ccccc2c(C2C([O-])C(c3c4cccc5c4c(c4cccc(O)c34)N(C)CN5C)C2[O-])c2ccccc12. The molecule has 0 amide bonds. The molecule has 1 saturated carbocycles. The zero-order valence-electron chi connectivity index (χ0n) is 24.7. The molecule has 1 heterocycles. The molecule has 6 heteroatoms. The molecule has 1 aliphatic heterocycles. The van der Waals surface area contributed by atoms with E-state index in [1.54, 1.807) is 6.07 Å². The maximum Gasteiger partial charge on any atom is 0.123 e. The molecule has 43 heavy (non-hydrogen) atoms. The van der Waals surface area contributed by atoms with Gasteiger partial charge in [0.15, 0.2) is 0 Å². The van der Waals surface area contributed by atoms with E-state index in [9.17, 15) is 15.3 Å². The highest BCUT2D eigenvalue weighted by Gasteiger charge is 2.43. The van der Waals surface area contributed by atoms with E-state index in [1.165, 1.54) is 0 Å². The van der Waals surface area contributed by atoms with Crippen molar-refractivity contribution in [3.63, 3.8) is 0 Å². The van der Waals surface area contributed by atoms with Crippen LogP contribution in [-0.4, -0.2) is 52.2 Å². The Morgan fingerprint density at radius 3 is 1.79 bits per heavy atom. The molecule has 0 saturated heterocycles. The van der Waals surface area contributed by atoms with Crippen LogP contribution in [0.2, 0.25) is 0 Å². The summed E-state index contributed by atoms with van der Waals surface area (Å²) in [7, 11) is 8.17. The third-order valence-electron chi connectivity index (χ3n) is 9.83. The van der Waals surface area contributed by atoms with Gasteiger partial charge in [-0.1, -0.05) is 72.8 Å². The zero-order valence-corrected chi connectivity index (χ0v) is 24.7. The molecule has 0 spiro atoms. The fourth-order valence-corrected chi connectivity index (χ4v) is 8.14. The zero-order chi connectivity index (χ0) is 29.7. The Morgan fingerprint density at radius 2 is 1.16 bits per heavy atom. The molecule has 1 fully saturated rings. The molecule has 0 radical (unpaired) electrons. The minimum Gasteiger partial charge on any atom is -0.851 e. The van der Waals surface area contributed by atoms with E-state index in [4.69, 9.17) is 0 Å². The summed E-state index contributed by atoms with van der Waals surface area (Å²) in [6.45, 7) is 0.694. The first-order chi connectivity index (χ1) is 20.8. The molecular formula is C37H33N3O3-2. The summed E-state index contributed by atoms with van der Waals surface area (Å²) < 4.78 is 0. The molecule has 6 nitrogen and oxygen atoms in total. The van der Waals surface area contributed by atoms with Gasteiger partial charge in [0.05, 0.1) is 18.0 Å². The number of fused-ring (bicyclic) bond motifs is 4. The van der Waals surface area contributed by atoms with Crippen LogP contribution in [0.1, 0.15) is 23.0 Å². The van der Waals surface area contributed by atoms with Crippen molar-refractivity contribution in [3.8, 4) is 5.75 Å². The van der Waals surface area contributed by atoms with E-state index in [0.29, 0.717) is 17.6 Å². The van der Waals surface area contributed by atoms with Crippen LogP contribution in [0, 0.1) is 0 Å². The fourth-order valence-electron chi connectivity index (χ4n) is 8.14. The fraction of sp³-hybridized carbons (Fsp3) is 0.243. The Labute approximate surface area is 250 Å². The van der Waals surface area contributed by atoms with Crippen LogP contribution < -0.4 is 24.9 Å². The second-order valence-electron chi connectivity index (χ2n) is 12.4. The molecule has 1 aliphatic carbocycles. The first kappa shape index (κ1) is 26.1. The van der Waals surface area contributed by atoms with Crippen LogP contribution in [0.4, 0.5) is 17.1 Å². The third-order valence-corrected chi connectivity index (χ3v) is 9.83. The molecule has 2 aliphatic rings. The molecule has 6 aromatic carbocycles. The van der Waals surface area contributed by atoms with Gasteiger partial charge in [-0.15, -0.1) is 12.2 Å². The lowest BCUT2D eigenvalue weighted by Crippen LogP contribution is -2.63. The van der Waals surface area contributed by atoms with Gasteiger partial charge in [-0.25, -0.2) is 0 Å². The lowest BCUT2D eigenvalue weighted by Gasteiger charge is -2.62. The average molecular weight is 568 g/mol. The van der Waals surface area contributed by atoms with Crippen molar-refractivity contribution in [1.29, 1.82) is 0 Å². The molecule has 2 atom stereocenters. The van der Waals surface area contributed by atoms with Gasteiger partial charge >= 0.3 is 0 Å². The second-order valence-corrected chi connectivity index (χ2v) is 12.4. The number of benzene rings is 6. The van der Waals surface area contributed by atoms with Gasteiger partial charge in [0.2, 0.25) is 0 Å². The van der Waals surface area contributed by atoms with Gasteiger partial charge in [0, 0.05) is 60.8 Å². The van der Waals surface area contributed by atoms with Crippen LogP contribution in [0.3, 0.4) is 0 Å². The standard InChI is InChI=1S/C37H33N3O3/c1-38(2)34-22-13-7-5-11-20(22)28(21-12-6-8-14-23(21)34)32-36(42)33(37(32)43)31-24-15-9-17-26-29(24)35(40(4)19-39(26)3)25-16-10-18-27(41)30(25)31/h5-18,32-33,36-37,41H,19H2,1-4H3/q-2. The van der Waals surface area contributed by atoms with Crippen LogP contribution in [-0.2, 0) is 0 Å². The Balaban J connectivity index is 1.39. The summed E-state index contributed by atoms with van der Waals surface area (Å²) in [5, 5.41) is 48.0. The summed E-state index contributed by atoms with van der Waals surface area (Å²) in [5.41, 5.74) is 4.71. The van der Waals surface area contributed by atoms with Crippen molar-refractivity contribution < 1.29 is 15.3 Å². The van der Waals surface area contributed by atoms with Crippen molar-refractivity contribution in [2.75, 3.05) is 49.6 Å². The quantitative estimate of drug-likeness (QED) is 0.295. The summed E-state index contributed by atoms with van der Waals surface area (Å²) in [6, 6.07) is 27.9. The highest BCUT2D eigenvalue weighted by Crippen LogP contribution is 2.56. The molecule has 0 bridgehead atoms. The maximum atomic E-state index is 14.6. The van der Waals surface area contributed by atoms with Crippen molar-refractivity contribution in [1.82, 2.24) is 0 Å². The first-order valence-electron chi connectivity index (χ1n) is 14.8. The molecular weight excluding hydrogens is 534 g/mol. The number of hydrogen-bond donors (Lipinski definition) is 1. The van der Waals surface area contributed by atoms with Gasteiger partial charge in [-0.2, -0.15) is 0 Å². The third kappa shape index (κ3) is 3.42. The Morgan fingerprint density at radius 1 is 0.628 bits per heavy atom. The molecule has 216 valence electrons. The van der Waals surface area contributed by atoms with Crippen molar-refractivity contribution in [2.45, 2.75) is 24.0 Å². The summed E-state index contributed by atoms with van der Waals surface area (Å²) in [6.07, 6.45) is -2.34. The van der Waals surface area contributed by atoms with Crippen molar-refractivity contribution in [3.05, 3.63) is 96.1 Å². The number of phenols is 1. The normalized spacial score (nSPS) is 21.6. The molecule has 1 N–H and O–H groups in total. The number of rotatable bonds is 3. The van der Waals surface area contributed by atoms with Crippen molar-refractivity contribution >= 4 is 60.2 Å². The van der Waals surface area contributed by atoms with E-state index in [2.05, 4.69) is 39.9 Å². The lowest BCUT2D eigenvalue weighted by molar-refractivity contribution is -0.535. The minimum absolute atomic E-state index is 0.109. The van der Waals surface area contributed by atoms with Crippen LogP contribution in [0.25, 0.3) is 43.1 Å². The summed E-state index contributed by atoms with van der Waals surface area (Å²) in [4.78, 5) is 6.48. The van der Waals surface area contributed by atoms with Crippen LogP contribution in [0.5, 0.6) is 5.75 Å². The van der Waals surface area contributed by atoms with E-state index < -0.39 is 24.0 Å². The highest BCUT2D eigenvalue weighted by atomic mass is 16.3. The predicted octanol–water partition coefficient (Wildman–Crippen LogP) is 5.25. The van der Waals surface area contributed by atoms with E-state index in [1.807, 2.05) is 81.8 Å². The smallest absolute Gasteiger partial charge is 0.123 e. The molecule has 0 aromatic heterocycles. The monoisotopic (exact) mass is 567 g/mol. The van der Waals surface area contributed by atoms with Gasteiger partial charge in [-0.05, 0) is 51.3 Å². The maximum absolute atomic E-state index is 14.6. The average Bonchev–Trinajstić information content (AvgIpc) is 3.00.